The lowest BCUT2D eigenvalue weighted by atomic mass is 10.0. The van der Waals surface area contributed by atoms with Crippen LogP contribution in [-0.2, 0) is 11.2 Å². The first-order valence-corrected chi connectivity index (χ1v) is 9.90. The molecule has 0 unspecified atom stereocenters. The SMILES string of the molecule is Cc1cc(SC2CCCCC2)ccc1NC(=O)Cc1ccc(N)cc1. The topological polar surface area (TPSA) is 55.1 Å². The van der Waals surface area contributed by atoms with Gasteiger partial charge in [-0.15, -0.1) is 11.8 Å². The highest BCUT2D eigenvalue weighted by Crippen LogP contribution is 2.34. The third kappa shape index (κ3) is 5.27. The standard InChI is InChI=1S/C21H26N2OS/c1-15-13-19(25-18-5-3-2-4-6-18)11-12-20(15)23-21(24)14-16-7-9-17(22)10-8-16/h7-13,18H,2-6,14,22H2,1H3,(H,23,24). The van der Waals surface area contributed by atoms with E-state index in [0.717, 1.165) is 22.1 Å². The summed E-state index contributed by atoms with van der Waals surface area (Å²) >= 11 is 1.99. The summed E-state index contributed by atoms with van der Waals surface area (Å²) in [6.45, 7) is 2.06. The van der Waals surface area contributed by atoms with Gasteiger partial charge in [0.05, 0.1) is 6.42 Å². The predicted octanol–water partition coefficient (Wildman–Crippen LogP) is 5.18. The molecule has 0 spiro atoms. The van der Waals surface area contributed by atoms with Gasteiger partial charge in [-0.3, -0.25) is 4.79 Å². The zero-order valence-electron chi connectivity index (χ0n) is 14.8. The Kier molecular flexibility index (Phi) is 6.03. The van der Waals surface area contributed by atoms with Crippen LogP contribution in [0.15, 0.2) is 47.4 Å². The van der Waals surface area contributed by atoms with Crippen LogP contribution in [0.5, 0.6) is 0 Å². The summed E-state index contributed by atoms with van der Waals surface area (Å²) < 4.78 is 0. The molecule has 132 valence electrons. The van der Waals surface area contributed by atoms with E-state index in [1.165, 1.54) is 37.0 Å². The number of carbonyl (C=O) groups excluding carboxylic acids is 1. The average Bonchev–Trinajstić information content (AvgIpc) is 2.60. The van der Waals surface area contributed by atoms with Gasteiger partial charge in [0.15, 0.2) is 0 Å². The second-order valence-electron chi connectivity index (χ2n) is 6.82. The number of thioether (sulfide) groups is 1. The maximum Gasteiger partial charge on any atom is 0.228 e. The third-order valence-corrected chi connectivity index (χ3v) is 6.00. The Morgan fingerprint density at radius 2 is 1.84 bits per heavy atom. The molecule has 0 bridgehead atoms. The fourth-order valence-electron chi connectivity index (χ4n) is 3.24. The second kappa shape index (κ2) is 8.43. The zero-order chi connectivity index (χ0) is 17.6. The van der Waals surface area contributed by atoms with E-state index in [1.54, 1.807) is 0 Å². The maximum atomic E-state index is 12.3. The lowest BCUT2D eigenvalue weighted by molar-refractivity contribution is -0.115. The Hall–Kier alpha value is -1.94. The van der Waals surface area contributed by atoms with E-state index in [1.807, 2.05) is 42.1 Å². The molecular weight excluding hydrogens is 328 g/mol. The summed E-state index contributed by atoms with van der Waals surface area (Å²) in [6, 6.07) is 13.8. The van der Waals surface area contributed by atoms with Crippen LogP contribution < -0.4 is 11.1 Å². The summed E-state index contributed by atoms with van der Waals surface area (Å²) in [7, 11) is 0. The Bertz CT molecular complexity index is 721. The third-order valence-electron chi connectivity index (χ3n) is 4.67. The van der Waals surface area contributed by atoms with Gasteiger partial charge in [-0.05, 0) is 61.2 Å². The molecule has 0 aromatic heterocycles. The minimum Gasteiger partial charge on any atom is -0.399 e. The van der Waals surface area contributed by atoms with Crippen LogP contribution in [0, 0.1) is 6.92 Å². The summed E-state index contributed by atoms with van der Waals surface area (Å²) in [4.78, 5) is 13.6. The Morgan fingerprint density at radius 1 is 1.12 bits per heavy atom. The molecule has 0 atom stereocenters. The molecule has 3 rings (SSSR count). The average molecular weight is 355 g/mol. The summed E-state index contributed by atoms with van der Waals surface area (Å²) in [5.41, 5.74) is 9.37. The Morgan fingerprint density at radius 3 is 2.52 bits per heavy atom. The van der Waals surface area contributed by atoms with Gasteiger partial charge < -0.3 is 11.1 Å². The minimum atomic E-state index is 0.000514. The van der Waals surface area contributed by atoms with Gasteiger partial charge in [0.1, 0.15) is 0 Å². The number of nitrogens with one attached hydrogen (secondary N) is 1. The molecular formula is C21H26N2OS. The van der Waals surface area contributed by atoms with Crippen molar-refractivity contribution in [1.29, 1.82) is 0 Å². The molecule has 0 radical (unpaired) electrons. The summed E-state index contributed by atoms with van der Waals surface area (Å²) in [5.74, 6) is 0.000514. The van der Waals surface area contributed by atoms with Crippen molar-refractivity contribution in [3.8, 4) is 0 Å². The van der Waals surface area contributed by atoms with Gasteiger partial charge in [-0.25, -0.2) is 0 Å². The van der Waals surface area contributed by atoms with Crippen LogP contribution in [0.1, 0.15) is 43.2 Å². The predicted molar refractivity (Wildman–Crippen MR) is 107 cm³/mol. The largest absolute Gasteiger partial charge is 0.399 e. The van der Waals surface area contributed by atoms with Crippen LogP contribution >= 0.6 is 11.8 Å². The van der Waals surface area contributed by atoms with Crippen molar-refractivity contribution in [1.82, 2.24) is 0 Å². The van der Waals surface area contributed by atoms with Crippen molar-refractivity contribution in [2.24, 2.45) is 0 Å². The highest BCUT2D eigenvalue weighted by molar-refractivity contribution is 8.00. The van der Waals surface area contributed by atoms with Gasteiger partial charge in [-0.1, -0.05) is 31.4 Å². The number of hydrogen-bond donors (Lipinski definition) is 2. The van der Waals surface area contributed by atoms with E-state index >= 15 is 0 Å². The van der Waals surface area contributed by atoms with E-state index in [0.29, 0.717) is 12.1 Å². The van der Waals surface area contributed by atoms with E-state index in [2.05, 4.69) is 24.4 Å². The first-order chi connectivity index (χ1) is 12.1. The summed E-state index contributed by atoms with van der Waals surface area (Å²) in [6.07, 6.45) is 7.10. The fraction of sp³-hybridized carbons (Fsp3) is 0.381. The Labute approximate surface area is 154 Å². The van der Waals surface area contributed by atoms with Crippen LogP contribution in [0.4, 0.5) is 11.4 Å². The summed E-state index contributed by atoms with van der Waals surface area (Å²) in [5, 5.41) is 3.77. The van der Waals surface area contributed by atoms with Crippen LogP contribution in [0.3, 0.4) is 0 Å². The number of benzene rings is 2. The molecule has 3 nitrogen and oxygen atoms in total. The number of rotatable bonds is 5. The molecule has 0 heterocycles. The van der Waals surface area contributed by atoms with Gasteiger partial charge >= 0.3 is 0 Å². The van der Waals surface area contributed by atoms with Crippen molar-refractivity contribution in [3.05, 3.63) is 53.6 Å². The molecule has 1 aliphatic carbocycles. The van der Waals surface area contributed by atoms with E-state index < -0.39 is 0 Å². The molecule has 3 N–H and O–H groups in total. The monoisotopic (exact) mass is 354 g/mol. The van der Waals surface area contributed by atoms with E-state index in [4.69, 9.17) is 5.73 Å². The molecule has 4 heteroatoms. The molecule has 2 aromatic rings. The van der Waals surface area contributed by atoms with Crippen LogP contribution in [0.2, 0.25) is 0 Å². The minimum absolute atomic E-state index is 0.000514. The van der Waals surface area contributed by atoms with Crippen molar-refractivity contribution >= 4 is 29.0 Å². The molecule has 25 heavy (non-hydrogen) atoms. The van der Waals surface area contributed by atoms with Crippen molar-refractivity contribution in [3.63, 3.8) is 0 Å². The molecule has 0 aliphatic heterocycles. The quantitative estimate of drug-likeness (QED) is 0.727. The molecule has 1 fully saturated rings. The van der Waals surface area contributed by atoms with Gasteiger partial charge in [-0.2, -0.15) is 0 Å². The molecule has 1 aliphatic rings. The van der Waals surface area contributed by atoms with Crippen molar-refractivity contribution in [2.45, 2.75) is 55.6 Å². The first kappa shape index (κ1) is 17.9. The number of hydrogen-bond acceptors (Lipinski definition) is 3. The normalized spacial score (nSPS) is 15.1. The van der Waals surface area contributed by atoms with Gasteiger partial charge in [0, 0.05) is 21.5 Å². The number of amides is 1. The molecule has 2 aromatic carbocycles. The van der Waals surface area contributed by atoms with E-state index in [9.17, 15) is 4.79 Å². The van der Waals surface area contributed by atoms with Gasteiger partial charge in [0.25, 0.3) is 0 Å². The van der Waals surface area contributed by atoms with Crippen LogP contribution in [0.25, 0.3) is 0 Å². The number of carbonyl (C=O) groups is 1. The zero-order valence-corrected chi connectivity index (χ0v) is 15.6. The lowest BCUT2D eigenvalue weighted by Crippen LogP contribution is -2.15. The molecule has 0 saturated heterocycles. The second-order valence-corrected chi connectivity index (χ2v) is 8.19. The lowest BCUT2D eigenvalue weighted by Gasteiger charge is -2.21. The fourth-order valence-corrected chi connectivity index (χ4v) is 4.59. The highest BCUT2D eigenvalue weighted by Gasteiger charge is 2.15. The maximum absolute atomic E-state index is 12.3. The van der Waals surface area contributed by atoms with Gasteiger partial charge in [0.2, 0.25) is 5.91 Å². The number of aryl methyl sites for hydroxylation is 1. The molecule has 1 amide bonds. The molecule has 1 saturated carbocycles. The van der Waals surface area contributed by atoms with E-state index in [-0.39, 0.29) is 5.91 Å². The Balaban J connectivity index is 1.58. The van der Waals surface area contributed by atoms with Crippen molar-refractivity contribution in [2.75, 3.05) is 11.1 Å². The number of nitrogen functional groups attached to an aromatic ring is 1. The number of anilines is 2. The smallest absolute Gasteiger partial charge is 0.228 e. The number of nitrogens with two attached hydrogens (primary N) is 1. The van der Waals surface area contributed by atoms with Crippen LogP contribution in [-0.4, -0.2) is 11.2 Å². The van der Waals surface area contributed by atoms with Crippen molar-refractivity contribution < 1.29 is 4.79 Å². The first-order valence-electron chi connectivity index (χ1n) is 9.02. The highest BCUT2D eigenvalue weighted by atomic mass is 32.2.